The molecule has 30 heavy (non-hydrogen) atoms. The molecule has 152 valence electrons. The summed E-state index contributed by atoms with van der Waals surface area (Å²) >= 11 is 0. The Balaban J connectivity index is 1.84. The predicted octanol–water partition coefficient (Wildman–Crippen LogP) is 4.61. The smallest absolute Gasteiger partial charge is 0.323 e. The molecule has 2 aromatic carbocycles. The maximum atomic E-state index is 12.6. The van der Waals surface area contributed by atoms with Crippen LogP contribution in [0.4, 0.5) is 5.69 Å². The van der Waals surface area contributed by atoms with Crippen LogP contribution < -0.4 is 5.32 Å². The number of benzene rings is 2. The second-order valence-electron chi connectivity index (χ2n) is 7.05. The fourth-order valence-electron chi connectivity index (χ4n) is 3.30. The average molecular weight is 401 g/mol. The third-order valence-corrected chi connectivity index (χ3v) is 4.82. The van der Waals surface area contributed by atoms with Crippen LogP contribution in [0.3, 0.4) is 0 Å². The maximum absolute atomic E-state index is 12.6. The fraction of sp³-hybridized carbons (Fsp3) is 0.208. The summed E-state index contributed by atoms with van der Waals surface area (Å²) in [4.78, 5) is 23.8. The van der Waals surface area contributed by atoms with E-state index in [4.69, 9.17) is 5.11 Å². The molecule has 1 heterocycles. The molecule has 0 atom stereocenters. The molecule has 6 heteroatoms. The van der Waals surface area contributed by atoms with Gasteiger partial charge in [0.15, 0.2) is 0 Å². The molecule has 2 N–H and O–H groups in total. The number of para-hydroxylation sites is 1. The summed E-state index contributed by atoms with van der Waals surface area (Å²) in [6, 6.07) is 16.8. The third-order valence-electron chi connectivity index (χ3n) is 4.82. The molecular formula is C24H23N3O3. The van der Waals surface area contributed by atoms with Crippen LogP contribution in [0, 0.1) is 11.3 Å². The number of unbranched alkanes of at least 4 members (excludes halogenated alkanes) is 1. The number of aliphatic carboxylic acids is 1. The Hall–Kier alpha value is -3.85. The van der Waals surface area contributed by atoms with Gasteiger partial charge in [-0.25, -0.2) is 0 Å². The largest absolute Gasteiger partial charge is 0.480 e. The summed E-state index contributed by atoms with van der Waals surface area (Å²) in [5.41, 5.74) is 3.12. The maximum Gasteiger partial charge on any atom is 0.323 e. The number of carboxylic acids is 1. The van der Waals surface area contributed by atoms with Gasteiger partial charge in [-0.15, -0.1) is 0 Å². The van der Waals surface area contributed by atoms with Crippen molar-refractivity contribution in [2.24, 2.45) is 0 Å². The van der Waals surface area contributed by atoms with Crippen LogP contribution in [0.15, 0.2) is 60.3 Å². The Kier molecular flexibility index (Phi) is 6.66. The van der Waals surface area contributed by atoms with Gasteiger partial charge in [-0.2, -0.15) is 5.26 Å². The van der Waals surface area contributed by atoms with Gasteiger partial charge >= 0.3 is 5.97 Å². The van der Waals surface area contributed by atoms with Crippen LogP contribution in [-0.2, 0) is 22.6 Å². The zero-order valence-electron chi connectivity index (χ0n) is 16.8. The van der Waals surface area contributed by atoms with E-state index in [0.717, 1.165) is 30.2 Å². The van der Waals surface area contributed by atoms with Gasteiger partial charge < -0.3 is 15.0 Å². The highest BCUT2D eigenvalue weighted by Crippen LogP contribution is 2.24. The molecule has 3 rings (SSSR count). The molecule has 1 amide bonds. The summed E-state index contributed by atoms with van der Waals surface area (Å²) in [5.74, 6) is -1.47. The number of nitriles is 1. The summed E-state index contributed by atoms with van der Waals surface area (Å²) in [6.45, 7) is 1.94. The topological polar surface area (TPSA) is 95.1 Å². The first-order valence-electron chi connectivity index (χ1n) is 9.83. The second-order valence-corrected chi connectivity index (χ2v) is 7.05. The average Bonchev–Trinajstić information content (AvgIpc) is 3.08. The van der Waals surface area contributed by atoms with Crippen LogP contribution in [0.1, 0.15) is 30.9 Å². The number of carbonyl (C=O) groups excluding carboxylic acids is 1. The summed E-state index contributed by atoms with van der Waals surface area (Å²) in [5, 5.41) is 22.2. The number of rotatable bonds is 8. The Morgan fingerprint density at radius 1 is 1.17 bits per heavy atom. The number of aryl methyl sites for hydroxylation is 1. The van der Waals surface area contributed by atoms with Crippen LogP contribution in [-0.4, -0.2) is 21.6 Å². The normalized spacial score (nSPS) is 11.3. The Morgan fingerprint density at radius 2 is 1.90 bits per heavy atom. The predicted molar refractivity (Wildman–Crippen MR) is 117 cm³/mol. The summed E-state index contributed by atoms with van der Waals surface area (Å²) in [6.07, 6.45) is 6.37. The van der Waals surface area contributed by atoms with Crippen molar-refractivity contribution in [1.82, 2.24) is 4.57 Å². The van der Waals surface area contributed by atoms with E-state index in [1.807, 2.05) is 54.6 Å². The highest BCUT2D eigenvalue weighted by Gasteiger charge is 2.13. The van der Waals surface area contributed by atoms with Crippen molar-refractivity contribution in [3.8, 4) is 6.07 Å². The van der Waals surface area contributed by atoms with E-state index in [2.05, 4.69) is 12.2 Å². The van der Waals surface area contributed by atoms with Crippen molar-refractivity contribution < 1.29 is 14.7 Å². The molecule has 0 aliphatic heterocycles. The molecule has 0 aliphatic rings. The van der Waals surface area contributed by atoms with Crippen molar-refractivity contribution in [2.45, 2.75) is 32.7 Å². The Morgan fingerprint density at radius 3 is 2.57 bits per heavy atom. The molecule has 6 nitrogen and oxygen atoms in total. The monoisotopic (exact) mass is 401 g/mol. The van der Waals surface area contributed by atoms with Crippen molar-refractivity contribution in [2.75, 3.05) is 5.32 Å². The molecular weight excluding hydrogens is 378 g/mol. The third kappa shape index (κ3) is 4.95. The van der Waals surface area contributed by atoms with E-state index in [-0.39, 0.29) is 12.1 Å². The molecule has 3 aromatic rings. The number of nitrogens with one attached hydrogen (secondary N) is 1. The summed E-state index contributed by atoms with van der Waals surface area (Å²) in [7, 11) is 0. The lowest BCUT2D eigenvalue weighted by molar-refractivity contribution is -0.137. The fourth-order valence-corrected chi connectivity index (χ4v) is 3.30. The van der Waals surface area contributed by atoms with Gasteiger partial charge in [0.2, 0.25) is 0 Å². The first kappa shape index (κ1) is 20.9. The lowest BCUT2D eigenvalue weighted by Gasteiger charge is -2.06. The van der Waals surface area contributed by atoms with Gasteiger partial charge in [-0.05, 0) is 42.7 Å². The SMILES string of the molecule is CCCCc1ccc(NC(=O)C(C#N)=Cc2cn(CC(=O)O)c3ccccc23)cc1. The van der Waals surface area contributed by atoms with Gasteiger partial charge in [-0.3, -0.25) is 9.59 Å². The zero-order chi connectivity index (χ0) is 21.5. The highest BCUT2D eigenvalue weighted by atomic mass is 16.4. The van der Waals surface area contributed by atoms with Crippen molar-refractivity contribution in [3.05, 3.63) is 71.4 Å². The lowest BCUT2D eigenvalue weighted by Crippen LogP contribution is -2.13. The first-order chi connectivity index (χ1) is 14.5. The number of amides is 1. The van der Waals surface area contributed by atoms with Gasteiger partial charge in [0, 0.05) is 28.4 Å². The summed E-state index contributed by atoms with van der Waals surface area (Å²) < 4.78 is 1.59. The molecule has 1 aromatic heterocycles. The molecule has 0 saturated heterocycles. The zero-order valence-corrected chi connectivity index (χ0v) is 16.8. The van der Waals surface area contributed by atoms with Crippen LogP contribution in [0.25, 0.3) is 17.0 Å². The molecule has 0 aliphatic carbocycles. The number of aromatic nitrogens is 1. The van der Waals surface area contributed by atoms with E-state index in [0.29, 0.717) is 11.3 Å². The molecule has 0 spiro atoms. The van der Waals surface area contributed by atoms with E-state index in [1.165, 1.54) is 11.6 Å². The number of carboxylic acid groups (broad SMARTS) is 1. The number of nitrogens with zero attached hydrogens (tertiary/aromatic N) is 2. The minimum atomic E-state index is -0.966. The molecule has 0 unspecified atom stereocenters. The second kappa shape index (κ2) is 9.57. The number of fused-ring (bicyclic) bond motifs is 1. The Bertz CT molecular complexity index is 1130. The van der Waals surface area contributed by atoms with Crippen molar-refractivity contribution in [3.63, 3.8) is 0 Å². The van der Waals surface area contributed by atoms with Crippen LogP contribution >= 0.6 is 0 Å². The molecule has 0 radical (unpaired) electrons. The highest BCUT2D eigenvalue weighted by molar-refractivity contribution is 6.10. The van der Waals surface area contributed by atoms with Crippen LogP contribution in [0.2, 0.25) is 0 Å². The van der Waals surface area contributed by atoms with Gasteiger partial charge in [0.1, 0.15) is 18.2 Å². The van der Waals surface area contributed by atoms with Gasteiger partial charge in [0.05, 0.1) is 0 Å². The number of hydrogen-bond donors (Lipinski definition) is 2. The molecule has 0 fully saturated rings. The van der Waals surface area contributed by atoms with E-state index < -0.39 is 11.9 Å². The van der Waals surface area contributed by atoms with E-state index in [1.54, 1.807) is 10.8 Å². The lowest BCUT2D eigenvalue weighted by atomic mass is 10.1. The van der Waals surface area contributed by atoms with Gasteiger partial charge in [0.25, 0.3) is 5.91 Å². The van der Waals surface area contributed by atoms with Crippen molar-refractivity contribution in [1.29, 1.82) is 5.26 Å². The van der Waals surface area contributed by atoms with Crippen molar-refractivity contribution >= 4 is 34.5 Å². The van der Waals surface area contributed by atoms with Crippen LogP contribution in [0.5, 0.6) is 0 Å². The minimum Gasteiger partial charge on any atom is -0.480 e. The number of anilines is 1. The standard InChI is InChI=1S/C24H23N3O3/c1-2-3-6-17-9-11-20(12-10-17)26-24(30)18(14-25)13-19-15-27(16-23(28)29)22-8-5-4-7-21(19)22/h4-5,7-13,15H,2-3,6,16H2,1H3,(H,26,30)(H,28,29). The number of hydrogen-bond acceptors (Lipinski definition) is 3. The van der Waals surface area contributed by atoms with Gasteiger partial charge in [-0.1, -0.05) is 43.7 Å². The molecule has 0 bridgehead atoms. The number of carbonyl (C=O) groups is 2. The Labute approximate surface area is 175 Å². The van der Waals surface area contributed by atoms with E-state index in [9.17, 15) is 14.9 Å². The molecule has 0 saturated carbocycles. The minimum absolute atomic E-state index is 0.0525. The quantitative estimate of drug-likeness (QED) is 0.425. The first-order valence-corrected chi connectivity index (χ1v) is 9.83. The van der Waals surface area contributed by atoms with E-state index >= 15 is 0 Å².